The summed E-state index contributed by atoms with van der Waals surface area (Å²) in [6.07, 6.45) is 6.22. The van der Waals surface area contributed by atoms with Crippen LogP contribution in [0.1, 0.15) is 19.8 Å². The molecule has 0 saturated carbocycles. The van der Waals surface area contributed by atoms with Gasteiger partial charge in [0.2, 0.25) is 0 Å². The van der Waals surface area contributed by atoms with Gasteiger partial charge in [-0.1, -0.05) is 6.92 Å². The summed E-state index contributed by atoms with van der Waals surface area (Å²) in [6, 6.07) is 0. The second-order valence-electron chi connectivity index (χ2n) is 6.70. The van der Waals surface area contributed by atoms with Crippen LogP contribution in [0.3, 0.4) is 0 Å². The summed E-state index contributed by atoms with van der Waals surface area (Å²) in [7, 11) is 0. The number of aromatic nitrogens is 3. The molecule has 2 fully saturated rings. The molecule has 0 radical (unpaired) electrons. The summed E-state index contributed by atoms with van der Waals surface area (Å²) in [4.78, 5) is 11.8. The molecule has 22 heavy (non-hydrogen) atoms. The average molecular weight is 306 g/mol. The van der Waals surface area contributed by atoms with Crippen LogP contribution in [0.15, 0.2) is 12.7 Å². The second-order valence-corrected chi connectivity index (χ2v) is 6.70. The van der Waals surface area contributed by atoms with Crippen molar-refractivity contribution in [1.29, 1.82) is 0 Å². The van der Waals surface area contributed by atoms with Crippen LogP contribution in [0.25, 0.3) is 0 Å². The van der Waals surface area contributed by atoms with Crippen molar-refractivity contribution in [3.63, 3.8) is 0 Å². The summed E-state index contributed by atoms with van der Waals surface area (Å²) in [6.45, 7) is 14.3. The molecule has 1 unspecified atom stereocenters. The predicted molar refractivity (Wildman–Crippen MR) is 87.7 cm³/mol. The molecule has 1 aromatic rings. The zero-order valence-corrected chi connectivity index (χ0v) is 13.9. The Bertz CT molecular complexity index is 412. The van der Waals surface area contributed by atoms with E-state index in [1.807, 2.05) is 4.68 Å². The summed E-state index contributed by atoms with van der Waals surface area (Å²) < 4.78 is 1.92. The van der Waals surface area contributed by atoms with Crippen molar-refractivity contribution in [1.82, 2.24) is 29.5 Å². The molecule has 0 aliphatic carbocycles. The zero-order chi connectivity index (χ0) is 15.2. The van der Waals surface area contributed by atoms with Crippen LogP contribution in [0.2, 0.25) is 0 Å². The Morgan fingerprint density at radius 3 is 2.55 bits per heavy atom. The maximum Gasteiger partial charge on any atom is 0.137 e. The van der Waals surface area contributed by atoms with Gasteiger partial charge in [0, 0.05) is 45.8 Å². The lowest BCUT2D eigenvalue weighted by molar-refractivity contribution is 0.0893. The number of rotatable bonds is 6. The van der Waals surface area contributed by atoms with E-state index in [-0.39, 0.29) is 0 Å². The molecule has 2 saturated heterocycles. The van der Waals surface area contributed by atoms with E-state index in [4.69, 9.17) is 0 Å². The van der Waals surface area contributed by atoms with Gasteiger partial charge >= 0.3 is 0 Å². The first-order valence-corrected chi connectivity index (χ1v) is 8.83. The van der Waals surface area contributed by atoms with Crippen molar-refractivity contribution in [2.75, 3.05) is 58.9 Å². The molecule has 0 amide bonds. The highest BCUT2D eigenvalue weighted by molar-refractivity contribution is 4.79. The quantitative estimate of drug-likeness (QED) is 0.771. The lowest BCUT2D eigenvalue weighted by Crippen LogP contribution is -2.50. The molecule has 124 valence electrons. The molecule has 3 heterocycles. The van der Waals surface area contributed by atoms with Crippen molar-refractivity contribution >= 4 is 0 Å². The van der Waals surface area contributed by atoms with E-state index in [1.54, 1.807) is 12.7 Å². The zero-order valence-electron chi connectivity index (χ0n) is 13.9. The van der Waals surface area contributed by atoms with Crippen LogP contribution in [0.5, 0.6) is 0 Å². The van der Waals surface area contributed by atoms with Gasteiger partial charge in [-0.2, -0.15) is 5.10 Å². The van der Waals surface area contributed by atoms with Gasteiger partial charge in [-0.15, -0.1) is 0 Å². The van der Waals surface area contributed by atoms with E-state index in [9.17, 15) is 0 Å². The van der Waals surface area contributed by atoms with Gasteiger partial charge in [0.25, 0.3) is 0 Å². The Morgan fingerprint density at radius 2 is 1.82 bits per heavy atom. The molecular weight excluding hydrogens is 276 g/mol. The summed E-state index contributed by atoms with van der Waals surface area (Å²) >= 11 is 0. The molecule has 0 spiro atoms. The summed E-state index contributed by atoms with van der Waals surface area (Å²) in [5, 5.41) is 4.17. The first kappa shape index (κ1) is 15.9. The molecular formula is C16H30N6. The Labute approximate surface area is 134 Å². The topological polar surface area (TPSA) is 40.4 Å². The standard InChI is InChI=1S/C16H30N6/c1-2-19-5-3-4-16(12-19)13-21-8-6-20(7-9-21)10-11-22-15-17-14-18-22/h14-16H,2-13H2,1H3. The highest BCUT2D eigenvalue weighted by Crippen LogP contribution is 2.18. The minimum absolute atomic E-state index is 0.885. The number of piperazine rings is 1. The molecule has 0 N–H and O–H groups in total. The number of hydrogen-bond donors (Lipinski definition) is 0. The highest BCUT2D eigenvalue weighted by atomic mass is 15.3. The van der Waals surface area contributed by atoms with Crippen LogP contribution in [-0.4, -0.2) is 88.4 Å². The van der Waals surface area contributed by atoms with E-state index < -0.39 is 0 Å². The number of hydrogen-bond acceptors (Lipinski definition) is 5. The van der Waals surface area contributed by atoms with Gasteiger partial charge in [-0.05, 0) is 31.8 Å². The molecule has 2 aliphatic rings. The second kappa shape index (κ2) is 8.04. The van der Waals surface area contributed by atoms with Crippen LogP contribution in [-0.2, 0) is 6.54 Å². The average Bonchev–Trinajstić information content (AvgIpc) is 3.08. The van der Waals surface area contributed by atoms with E-state index in [1.165, 1.54) is 65.2 Å². The summed E-state index contributed by atoms with van der Waals surface area (Å²) in [5.74, 6) is 0.885. The fraction of sp³-hybridized carbons (Fsp3) is 0.875. The van der Waals surface area contributed by atoms with Gasteiger partial charge in [-0.3, -0.25) is 9.58 Å². The van der Waals surface area contributed by atoms with Crippen LogP contribution in [0.4, 0.5) is 0 Å². The van der Waals surface area contributed by atoms with Crippen molar-refractivity contribution < 1.29 is 0 Å². The predicted octanol–water partition coefficient (Wildman–Crippen LogP) is 0.628. The van der Waals surface area contributed by atoms with E-state index in [0.717, 1.165) is 19.0 Å². The third-order valence-corrected chi connectivity index (χ3v) is 5.14. The number of likely N-dealkylation sites (tertiary alicyclic amines) is 1. The van der Waals surface area contributed by atoms with E-state index in [2.05, 4.69) is 31.7 Å². The third-order valence-electron chi connectivity index (χ3n) is 5.14. The smallest absolute Gasteiger partial charge is 0.137 e. The minimum Gasteiger partial charge on any atom is -0.303 e. The molecule has 1 atom stereocenters. The van der Waals surface area contributed by atoms with Crippen molar-refractivity contribution in [3.8, 4) is 0 Å². The molecule has 2 aliphatic heterocycles. The van der Waals surface area contributed by atoms with Gasteiger partial charge < -0.3 is 9.80 Å². The van der Waals surface area contributed by atoms with E-state index in [0.29, 0.717) is 0 Å². The molecule has 1 aromatic heterocycles. The lowest BCUT2D eigenvalue weighted by atomic mass is 9.97. The first-order chi connectivity index (χ1) is 10.8. The monoisotopic (exact) mass is 306 g/mol. The number of piperidine rings is 1. The third kappa shape index (κ3) is 4.51. The van der Waals surface area contributed by atoms with Gasteiger partial charge in [0.1, 0.15) is 12.7 Å². The normalized spacial score (nSPS) is 25.6. The summed E-state index contributed by atoms with van der Waals surface area (Å²) in [5.41, 5.74) is 0. The molecule has 0 aromatic carbocycles. The fourth-order valence-electron chi connectivity index (χ4n) is 3.74. The molecule has 0 bridgehead atoms. The van der Waals surface area contributed by atoms with Gasteiger partial charge in [0.15, 0.2) is 0 Å². The molecule has 3 rings (SSSR count). The Balaban J connectivity index is 1.34. The largest absolute Gasteiger partial charge is 0.303 e. The Hall–Kier alpha value is -0.980. The SMILES string of the molecule is CCN1CCCC(CN2CCN(CCn3cncn3)CC2)C1. The van der Waals surface area contributed by atoms with Crippen LogP contribution >= 0.6 is 0 Å². The van der Waals surface area contributed by atoms with Crippen LogP contribution < -0.4 is 0 Å². The maximum absolute atomic E-state index is 4.17. The van der Waals surface area contributed by atoms with Crippen molar-refractivity contribution in [2.24, 2.45) is 5.92 Å². The highest BCUT2D eigenvalue weighted by Gasteiger charge is 2.23. The molecule has 6 nitrogen and oxygen atoms in total. The van der Waals surface area contributed by atoms with E-state index >= 15 is 0 Å². The number of nitrogens with zero attached hydrogens (tertiary/aromatic N) is 6. The minimum atomic E-state index is 0.885. The Kier molecular flexibility index (Phi) is 5.81. The van der Waals surface area contributed by atoms with Crippen molar-refractivity contribution in [3.05, 3.63) is 12.7 Å². The van der Waals surface area contributed by atoms with Crippen molar-refractivity contribution in [2.45, 2.75) is 26.3 Å². The molecule has 6 heteroatoms. The first-order valence-electron chi connectivity index (χ1n) is 8.83. The van der Waals surface area contributed by atoms with Gasteiger partial charge in [-0.25, -0.2) is 4.98 Å². The fourth-order valence-corrected chi connectivity index (χ4v) is 3.74. The maximum atomic E-state index is 4.17. The Morgan fingerprint density at radius 1 is 1.00 bits per heavy atom. The van der Waals surface area contributed by atoms with Crippen LogP contribution in [0, 0.1) is 5.92 Å². The lowest BCUT2D eigenvalue weighted by Gasteiger charge is -2.39. The van der Waals surface area contributed by atoms with Gasteiger partial charge in [0.05, 0.1) is 6.54 Å².